The van der Waals surface area contributed by atoms with E-state index >= 15 is 0 Å². The van der Waals surface area contributed by atoms with E-state index in [-0.39, 0.29) is 18.1 Å². The van der Waals surface area contributed by atoms with Gasteiger partial charge in [-0.15, -0.1) is 11.3 Å². The Hall–Kier alpha value is -2.35. The van der Waals surface area contributed by atoms with Crippen molar-refractivity contribution < 1.29 is 13.6 Å². The molecule has 0 spiro atoms. The van der Waals surface area contributed by atoms with E-state index in [9.17, 15) is 13.6 Å². The quantitative estimate of drug-likeness (QED) is 0.704. The second kappa shape index (κ2) is 8.34. The molecule has 1 aliphatic heterocycles. The van der Waals surface area contributed by atoms with Gasteiger partial charge in [0.05, 0.1) is 12.2 Å². The summed E-state index contributed by atoms with van der Waals surface area (Å²) in [7, 11) is 0. The van der Waals surface area contributed by atoms with Crippen molar-refractivity contribution in [2.45, 2.75) is 6.54 Å². The summed E-state index contributed by atoms with van der Waals surface area (Å²) in [6.45, 7) is 4.34. The molecule has 0 atom stereocenters. The van der Waals surface area contributed by atoms with Gasteiger partial charge in [-0.2, -0.15) is 0 Å². The Morgan fingerprint density at radius 3 is 2.61 bits per heavy atom. The molecule has 0 radical (unpaired) electrons. The fourth-order valence-electron chi connectivity index (χ4n) is 3.49. The number of carbonyl (C=O) groups is 1. The number of anilines is 1. The standard InChI is InChI=1S/C21H21F2N3OS/c22-16-5-6-18(23)19(11-16)24-21(27)13-26-9-7-25(8-10-26)12-15-14-28-20-4-2-1-3-17(15)20/h1-6,11,14H,7-10,12-13H2,(H,24,27). The van der Waals surface area contributed by atoms with Crippen molar-refractivity contribution in [1.82, 2.24) is 9.80 Å². The molecule has 0 saturated carbocycles. The van der Waals surface area contributed by atoms with Gasteiger partial charge in [-0.1, -0.05) is 18.2 Å². The van der Waals surface area contributed by atoms with Crippen LogP contribution < -0.4 is 5.32 Å². The van der Waals surface area contributed by atoms with Crippen LogP contribution in [0.3, 0.4) is 0 Å². The summed E-state index contributed by atoms with van der Waals surface area (Å²) >= 11 is 1.77. The molecular weight excluding hydrogens is 380 g/mol. The minimum Gasteiger partial charge on any atom is -0.322 e. The van der Waals surface area contributed by atoms with Crippen LogP contribution in [0.2, 0.25) is 0 Å². The highest BCUT2D eigenvalue weighted by Crippen LogP contribution is 2.27. The van der Waals surface area contributed by atoms with E-state index in [1.807, 2.05) is 4.90 Å². The van der Waals surface area contributed by atoms with E-state index in [1.165, 1.54) is 15.6 Å². The van der Waals surface area contributed by atoms with Crippen molar-refractivity contribution >= 4 is 33.0 Å². The lowest BCUT2D eigenvalue weighted by molar-refractivity contribution is -0.117. The highest BCUT2D eigenvalue weighted by Gasteiger charge is 2.20. The fourth-order valence-corrected chi connectivity index (χ4v) is 4.44. The third-order valence-corrected chi connectivity index (χ3v) is 6.00. The zero-order valence-electron chi connectivity index (χ0n) is 15.3. The maximum atomic E-state index is 13.7. The molecule has 0 unspecified atom stereocenters. The minimum absolute atomic E-state index is 0.118. The summed E-state index contributed by atoms with van der Waals surface area (Å²) in [5.41, 5.74) is 1.22. The summed E-state index contributed by atoms with van der Waals surface area (Å²) in [6.07, 6.45) is 0. The van der Waals surface area contributed by atoms with E-state index < -0.39 is 11.6 Å². The van der Waals surface area contributed by atoms with Crippen molar-refractivity contribution in [3.63, 3.8) is 0 Å². The molecule has 3 aromatic rings. The molecule has 4 rings (SSSR count). The van der Waals surface area contributed by atoms with Gasteiger partial charge in [0, 0.05) is 43.5 Å². The molecule has 1 fully saturated rings. The monoisotopic (exact) mass is 401 g/mol. The molecule has 0 bridgehead atoms. The lowest BCUT2D eigenvalue weighted by Gasteiger charge is -2.34. The van der Waals surface area contributed by atoms with E-state index in [4.69, 9.17) is 0 Å². The second-order valence-electron chi connectivity index (χ2n) is 6.98. The van der Waals surface area contributed by atoms with Crippen LogP contribution in [0.1, 0.15) is 5.56 Å². The van der Waals surface area contributed by atoms with Crippen molar-refractivity contribution in [1.29, 1.82) is 0 Å². The van der Waals surface area contributed by atoms with E-state index in [1.54, 1.807) is 11.3 Å². The number of amides is 1. The summed E-state index contributed by atoms with van der Waals surface area (Å²) in [6, 6.07) is 11.5. The number of rotatable bonds is 5. The molecule has 146 valence electrons. The normalized spacial score (nSPS) is 15.8. The molecule has 1 aliphatic rings. The number of hydrogen-bond donors (Lipinski definition) is 1. The van der Waals surface area contributed by atoms with E-state index in [0.717, 1.165) is 50.9 Å². The average molecular weight is 401 g/mol. The number of carbonyl (C=O) groups excluding carboxylic acids is 1. The van der Waals surface area contributed by atoms with Gasteiger partial charge in [0.2, 0.25) is 5.91 Å². The van der Waals surface area contributed by atoms with E-state index in [0.29, 0.717) is 0 Å². The Morgan fingerprint density at radius 2 is 1.79 bits per heavy atom. The first-order chi connectivity index (χ1) is 13.6. The van der Waals surface area contributed by atoms with Crippen LogP contribution in [0.4, 0.5) is 14.5 Å². The average Bonchev–Trinajstić information content (AvgIpc) is 3.09. The van der Waals surface area contributed by atoms with E-state index in [2.05, 4.69) is 39.9 Å². The third kappa shape index (κ3) is 4.38. The first-order valence-electron chi connectivity index (χ1n) is 9.23. The van der Waals surface area contributed by atoms with Crippen LogP contribution in [-0.4, -0.2) is 48.4 Å². The molecule has 1 saturated heterocycles. The van der Waals surface area contributed by atoms with Gasteiger partial charge in [0.25, 0.3) is 0 Å². The number of piperazine rings is 1. The van der Waals surface area contributed by atoms with Gasteiger partial charge in [-0.25, -0.2) is 8.78 Å². The van der Waals surface area contributed by atoms with Crippen LogP contribution in [0.25, 0.3) is 10.1 Å². The molecule has 1 N–H and O–H groups in total. The summed E-state index contributed by atoms with van der Waals surface area (Å²) < 4.78 is 28.2. The number of benzene rings is 2. The van der Waals surface area contributed by atoms with Crippen LogP contribution in [-0.2, 0) is 11.3 Å². The van der Waals surface area contributed by atoms with Gasteiger partial charge in [-0.05, 0) is 34.5 Å². The number of fused-ring (bicyclic) bond motifs is 1. The third-order valence-electron chi connectivity index (χ3n) is 4.99. The first kappa shape index (κ1) is 19.0. The minimum atomic E-state index is -0.637. The molecule has 1 aromatic heterocycles. The Labute approximate surface area is 166 Å². The van der Waals surface area contributed by atoms with Crippen LogP contribution in [0.5, 0.6) is 0 Å². The Balaban J connectivity index is 1.28. The lowest BCUT2D eigenvalue weighted by Crippen LogP contribution is -2.48. The summed E-state index contributed by atoms with van der Waals surface area (Å²) in [5, 5.41) is 5.99. The van der Waals surface area contributed by atoms with Gasteiger partial charge in [-0.3, -0.25) is 14.6 Å². The number of nitrogens with zero attached hydrogens (tertiary/aromatic N) is 2. The molecule has 4 nitrogen and oxygen atoms in total. The maximum Gasteiger partial charge on any atom is 0.238 e. The molecule has 7 heteroatoms. The molecule has 28 heavy (non-hydrogen) atoms. The summed E-state index contributed by atoms with van der Waals surface area (Å²) in [5.74, 6) is -1.55. The molecule has 1 amide bonds. The Morgan fingerprint density at radius 1 is 1.04 bits per heavy atom. The summed E-state index contributed by atoms with van der Waals surface area (Å²) in [4.78, 5) is 16.6. The van der Waals surface area contributed by atoms with Crippen molar-refractivity contribution in [3.05, 3.63) is 65.0 Å². The molecule has 0 aliphatic carbocycles. The Kier molecular flexibility index (Phi) is 5.66. The molecule has 2 heterocycles. The number of halogens is 2. The predicted octanol–water partition coefficient (Wildman–Crippen LogP) is 3.94. The topological polar surface area (TPSA) is 35.6 Å². The van der Waals surface area contributed by atoms with Crippen LogP contribution >= 0.6 is 11.3 Å². The molecular formula is C21H21F2N3OS. The van der Waals surface area contributed by atoms with Gasteiger partial charge in [0.1, 0.15) is 11.6 Å². The van der Waals surface area contributed by atoms with Crippen LogP contribution in [0, 0.1) is 11.6 Å². The first-order valence-corrected chi connectivity index (χ1v) is 10.1. The largest absolute Gasteiger partial charge is 0.322 e. The smallest absolute Gasteiger partial charge is 0.238 e. The second-order valence-corrected chi connectivity index (χ2v) is 7.89. The van der Waals surface area contributed by atoms with Gasteiger partial charge in [0.15, 0.2) is 0 Å². The van der Waals surface area contributed by atoms with Crippen molar-refractivity contribution in [3.8, 4) is 0 Å². The van der Waals surface area contributed by atoms with Crippen molar-refractivity contribution in [2.75, 3.05) is 38.0 Å². The number of hydrogen-bond acceptors (Lipinski definition) is 4. The highest BCUT2D eigenvalue weighted by molar-refractivity contribution is 7.17. The van der Waals surface area contributed by atoms with Crippen molar-refractivity contribution in [2.24, 2.45) is 0 Å². The highest BCUT2D eigenvalue weighted by atomic mass is 32.1. The number of thiophene rings is 1. The SMILES string of the molecule is O=C(CN1CCN(Cc2csc3ccccc23)CC1)Nc1cc(F)ccc1F. The fraction of sp³-hybridized carbons (Fsp3) is 0.286. The maximum absolute atomic E-state index is 13.7. The Bertz CT molecular complexity index is 983. The predicted molar refractivity (Wildman–Crippen MR) is 109 cm³/mol. The number of nitrogens with one attached hydrogen (secondary N) is 1. The van der Waals surface area contributed by atoms with Gasteiger partial charge >= 0.3 is 0 Å². The zero-order valence-corrected chi connectivity index (χ0v) is 16.1. The van der Waals surface area contributed by atoms with Gasteiger partial charge < -0.3 is 5.32 Å². The van der Waals surface area contributed by atoms with Crippen LogP contribution in [0.15, 0.2) is 47.8 Å². The zero-order chi connectivity index (χ0) is 19.5. The lowest BCUT2D eigenvalue weighted by atomic mass is 10.1. The molecule has 2 aromatic carbocycles.